The summed E-state index contributed by atoms with van der Waals surface area (Å²) in [6.45, 7) is 5.85. The highest BCUT2D eigenvalue weighted by molar-refractivity contribution is 7.92. The highest BCUT2D eigenvalue weighted by Crippen LogP contribution is 2.33. The average molecular weight is 605 g/mol. The SMILES string of the molecule is CCCCNC(=O)[C@H](CC)N(Cc1ccccc1C)C(=O)CN(c1ccc(Cl)cc1Cl)S(=O)(=O)c1ccccc1. The van der Waals surface area contributed by atoms with E-state index in [2.05, 4.69) is 5.32 Å². The molecule has 1 atom stereocenters. The molecule has 0 radical (unpaired) electrons. The van der Waals surface area contributed by atoms with Crippen LogP contribution in [0.2, 0.25) is 10.0 Å². The molecular formula is C30H35Cl2N3O4S. The lowest BCUT2D eigenvalue weighted by Gasteiger charge is -2.33. The number of rotatable bonds is 13. The quantitative estimate of drug-likeness (QED) is 0.235. The van der Waals surface area contributed by atoms with E-state index in [-0.39, 0.29) is 28.1 Å². The van der Waals surface area contributed by atoms with Crippen molar-refractivity contribution in [2.24, 2.45) is 0 Å². The molecule has 0 aliphatic carbocycles. The fraction of sp³-hybridized carbons (Fsp3) is 0.333. The van der Waals surface area contributed by atoms with Crippen LogP contribution in [-0.2, 0) is 26.2 Å². The maximum atomic E-state index is 14.1. The van der Waals surface area contributed by atoms with E-state index in [1.54, 1.807) is 18.2 Å². The lowest BCUT2D eigenvalue weighted by molar-refractivity contribution is -0.140. The Hall–Kier alpha value is -3.07. The van der Waals surface area contributed by atoms with E-state index in [9.17, 15) is 18.0 Å². The number of anilines is 1. The van der Waals surface area contributed by atoms with E-state index in [1.807, 2.05) is 45.0 Å². The Morgan fingerprint density at radius 1 is 0.950 bits per heavy atom. The normalized spacial score (nSPS) is 12.0. The van der Waals surface area contributed by atoms with Gasteiger partial charge in [-0.05, 0) is 61.2 Å². The van der Waals surface area contributed by atoms with Gasteiger partial charge in [-0.15, -0.1) is 0 Å². The fourth-order valence-corrected chi connectivity index (χ4v) is 6.33. The lowest BCUT2D eigenvalue weighted by Crippen LogP contribution is -2.52. The van der Waals surface area contributed by atoms with Crippen molar-refractivity contribution >= 4 is 50.7 Å². The van der Waals surface area contributed by atoms with Crippen molar-refractivity contribution in [2.45, 2.75) is 57.5 Å². The summed E-state index contributed by atoms with van der Waals surface area (Å²) in [4.78, 5) is 28.8. The number of carbonyl (C=O) groups is 2. The van der Waals surface area contributed by atoms with Crippen LogP contribution in [0, 0.1) is 6.92 Å². The number of nitrogens with zero attached hydrogens (tertiary/aromatic N) is 2. The Kier molecular flexibility index (Phi) is 11.4. The molecule has 0 aliphatic rings. The van der Waals surface area contributed by atoms with Gasteiger partial charge in [0.05, 0.1) is 15.6 Å². The molecule has 0 saturated heterocycles. The topological polar surface area (TPSA) is 86.8 Å². The van der Waals surface area contributed by atoms with Crippen LogP contribution in [0.25, 0.3) is 0 Å². The molecule has 0 unspecified atom stereocenters. The molecule has 214 valence electrons. The molecule has 2 amide bonds. The Bertz CT molecular complexity index is 1420. The first-order valence-electron chi connectivity index (χ1n) is 13.2. The smallest absolute Gasteiger partial charge is 0.264 e. The fourth-order valence-electron chi connectivity index (χ4n) is 4.31. The van der Waals surface area contributed by atoms with Gasteiger partial charge in [0.25, 0.3) is 10.0 Å². The average Bonchev–Trinajstić information content (AvgIpc) is 2.93. The molecule has 0 fully saturated rings. The lowest BCUT2D eigenvalue weighted by atomic mass is 10.1. The highest BCUT2D eigenvalue weighted by atomic mass is 35.5. The molecule has 7 nitrogen and oxygen atoms in total. The Morgan fingerprint density at radius 2 is 1.62 bits per heavy atom. The van der Waals surface area contributed by atoms with Gasteiger partial charge in [0.1, 0.15) is 12.6 Å². The van der Waals surface area contributed by atoms with E-state index >= 15 is 0 Å². The van der Waals surface area contributed by atoms with Gasteiger partial charge in [0, 0.05) is 18.1 Å². The molecule has 1 N–H and O–H groups in total. The zero-order chi connectivity index (χ0) is 29.3. The first-order chi connectivity index (χ1) is 19.1. The van der Waals surface area contributed by atoms with Gasteiger partial charge in [-0.3, -0.25) is 13.9 Å². The number of nitrogens with one attached hydrogen (secondary N) is 1. The van der Waals surface area contributed by atoms with Crippen LogP contribution < -0.4 is 9.62 Å². The zero-order valence-electron chi connectivity index (χ0n) is 22.9. The summed E-state index contributed by atoms with van der Waals surface area (Å²) >= 11 is 12.6. The van der Waals surface area contributed by atoms with Crippen molar-refractivity contribution in [1.29, 1.82) is 0 Å². The number of hydrogen-bond acceptors (Lipinski definition) is 4. The predicted octanol–water partition coefficient (Wildman–Crippen LogP) is 6.22. The zero-order valence-corrected chi connectivity index (χ0v) is 25.3. The van der Waals surface area contributed by atoms with Crippen LogP contribution in [0.5, 0.6) is 0 Å². The number of halogens is 2. The van der Waals surface area contributed by atoms with Gasteiger partial charge < -0.3 is 10.2 Å². The Balaban J connectivity index is 2.07. The third-order valence-corrected chi connectivity index (χ3v) is 8.92. The summed E-state index contributed by atoms with van der Waals surface area (Å²) in [5.74, 6) is -0.814. The van der Waals surface area contributed by atoms with Crippen molar-refractivity contribution in [3.8, 4) is 0 Å². The number of hydrogen-bond donors (Lipinski definition) is 1. The molecule has 0 aliphatic heterocycles. The Morgan fingerprint density at radius 3 is 2.25 bits per heavy atom. The minimum Gasteiger partial charge on any atom is -0.354 e. The summed E-state index contributed by atoms with van der Waals surface area (Å²) < 4.78 is 28.7. The van der Waals surface area contributed by atoms with E-state index in [1.165, 1.54) is 35.2 Å². The second kappa shape index (κ2) is 14.5. The second-order valence-corrected chi connectivity index (χ2v) is 12.1. The van der Waals surface area contributed by atoms with Gasteiger partial charge in [0.2, 0.25) is 11.8 Å². The standard InChI is InChI=1S/C30H35Cl2N3O4S/c1-4-6-18-33-30(37)27(5-2)34(20-23-13-11-10-12-22(23)3)29(36)21-35(28-17-16-24(31)19-26(28)32)40(38,39)25-14-8-7-9-15-25/h7-17,19,27H,4-6,18,20-21H2,1-3H3,(H,33,37)/t27-/m0/s1. The van der Waals surface area contributed by atoms with Gasteiger partial charge >= 0.3 is 0 Å². The van der Waals surface area contributed by atoms with Crippen LogP contribution in [0.3, 0.4) is 0 Å². The van der Waals surface area contributed by atoms with Crippen molar-refractivity contribution in [1.82, 2.24) is 10.2 Å². The molecule has 0 heterocycles. The molecule has 3 aromatic rings. The van der Waals surface area contributed by atoms with Gasteiger partial charge in [0.15, 0.2) is 0 Å². The Labute approximate surface area is 247 Å². The molecule has 3 aromatic carbocycles. The van der Waals surface area contributed by atoms with Crippen molar-refractivity contribution in [3.05, 3.63) is 94.0 Å². The third-order valence-electron chi connectivity index (χ3n) is 6.61. The first kappa shape index (κ1) is 31.5. The van der Waals surface area contributed by atoms with E-state index < -0.39 is 28.5 Å². The first-order valence-corrected chi connectivity index (χ1v) is 15.4. The summed E-state index contributed by atoms with van der Waals surface area (Å²) in [6, 6.07) is 19.0. The molecular weight excluding hydrogens is 569 g/mol. The summed E-state index contributed by atoms with van der Waals surface area (Å²) in [5.41, 5.74) is 1.92. The van der Waals surface area contributed by atoms with Crippen LogP contribution in [0.1, 0.15) is 44.2 Å². The predicted molar refractivity (Wildman–Crippen MR) is 161 cm³/mol. The van der Waals surface area contributed by atoms with Crippen molar-refractivity contribution in [2.75, 3.05) is 17.4 Å². The molecule has 0 aromatic heterocycles. The number of carbonyl (C=O) groups excluding carboxylic acids is 2. The van der Waals surface area contributed by atoms with E-state index in [0.717, 1.165) is 28.3 Å². The maximum Gasteiger partial charge on any atom is 0.264 e. The van der Waals surface area contributed by atoms with Gasteiger partial charge in [-0.2, -0.15) is 0 Å². The number of benzene rings is 3. The molecule has 0 spiro atoms. The molecule has 0 saturated carbocycles. The largest absolute Gasteiger partial charge is 0.354 e. The highest BCUT2D eigenvalue weighted by Gasteiger charge is 2.34. The van der Waals surface area contributed by atoms with Crippen LogP contribution in [0.4, 0.5) is 5.69 Å². The maximum absolute atomic E-state index is 14.1. The molecule has 3 rings (SSSR count). The van der Waals surface area contributed by atoms with Gasteiger partial charge in [-0.25, -0.2) is 8.42 Å². The molecule has 40 heavy (non-hydrogen) atoms. The minimum atomic E-state index is -4.21. The summed E-state index contributed by atoms with van der Waals surface area (Å²) in [7, 11) is -4.21. The van der Waals surface area contributed by atoms with Crippen LogP contribution in [-0.4, -0.2) is 44.3 Å². The number of sulfonamides is 1. The number of aryl methyl sites for hydroxylation is 1. The van der Waals surface area contributed by atoms with Crippen LogP contribution >= 0.6 is 23.2 Å². The second-order valence-electron chi connectivity index (χ2n) is 9.44. The minimum absolute atomic E-state index is 0.00335. The van der Waals surface area contributed by atoms with Crippen LogP contribution in [0.15, 0.2) is 77.7 Å². The van der Waals surface area contributed by atoms with Gasteiger partial charge in [-0.1, -0.05) is 85.9 Å². The van der Waals surface area contributed by atoms with Crippen molar-refractivity contribution in [3.63, 3.8) is 0 Å². The molecule has 10 heteroatoms. The van der Waals surface area contributed by atoms with Crippen molar-refractivity contribution < 1.29 is 18.0 Å². The monoisotopic (exact) mass is 603 g/mol. The van der Waals surface area contributed by atoms with E-state index in [4.69, 9.17) is 23.2 Å². The third kappa shape index (κ3) is 7.77. The van der Waals surface area contributed by atoms with E-state index in [0.29, 0.717) is 18.0 Å². The molecule has 0 bridgehead atoms. The number of amides is 2. The summed E-state index contributed by atoms with van der Waals surface area (Å²) in [5, 5.41) is 3.33. The summed E-state index contributed by atoms with van der Waals surface area (Å²) in [6.07, 6.45) is 2.08. The number of unbranched alkanes of at least 4 members (excludes halogenated alkanes) is 1.